The Morgan fingerprint density at radius 3 is 2.58 bits per heavy atom. The second kappa shape index (κ2) is 3.99. The first-order chi connectivity index (χ1) is 8.94. The van der Waals surface area contributed by atoms with Crippen molar-refractivity contribution in [2.75, 3.05) is 6.26 Å². The van der Waals surface area contributed by atoms with Crippen LogP contribution in [0.4, 0.5) is 0 Å². The predicted molar refractivity (Wildman–Crippen MR) is 76.0 cm³/mol. The predicted octanol–water partition coefficient (Wildman–Crippen LogP) is 2.97. The lowest BCUT2D eigenvalue weighted by Gasteiger charge is -2.05. The van der Waals surface area contributed by atoms with Crippen molar-refractivity contribution >= 4 is 31.9 Å². The Labute approximate surface area is 111 Å². The van der Waals surface area contributed by atoms with Gasteiger partial charge in [-0.05, 0) is 30.7 Å². The molecule has 0 spiro atoms. The zero-order chi connectivity index (χ0) is 13.6. The van der Waals surface area contributed by atoms with Crippen LogP contribution in [0.15, 0.2) is 36.4 Å². The molecule has 4 nitrogen and oxygen atoms in total. The highest BCUT2D eigenvalue weighted by atomic mass is 32.2. The van der Waals surface area contributed by atoms with Gasteiger partial charge in [0.2, 0.25) is 0 Å². The fourth-order valence-corrected chi connectivity index (χ4v) is 2.74. The van der Waals surface area contributed by atoms with E-state index in [9.17, 15) is 8.42 Å². The van der Waals surface area contributed by atoms with Crippen LogP contribution < -0.4 is 4.18 Å². The molecule has 0 saturated heterocycles. The number of aromatic nitrogens is 1. The minimum atomic E-state index is -3.54. The van der Waals surface area contributed by atoms with Crippen LogP contribution in [0.2, 0.25) is 0 Å². The Morgan fingerprint density at radius 2 is 1.84 bits per heavy atom. The first-order valence-corrected chi connectivity index (χ1v) is 7.66. The van der Waals surface area contributed by atoms with Crippen LogP contribution in [-0.2, 0) is 10.1 Å². The molecule has 0 fully saturated rings. The zero-order valence-electron chi connectivity index (χ0n) is 10.6. The van der Waals surface area contributed by atoms with Crippen molar-refractivity contribution in [3.8, 4) is 5.75 Å². The van der Waals surface area contributed by atoms with Crippen LogP contribution >= 0.6 is 0 Å². The van der Waals surface area contributed by atoms with Gasteiger partial charge in [-0.25, -0.2) is 0 Å². The number of benzene rings is 2. The quantitative estimate of drug-likeness (QED) is 0.731. The van der Waals surface area contributed by atoms with Crippen molar-refractivity contribution in [3.63, 3.8) is 0 Å². The van der Waals surface area contributed by atoms with Gasteiger partial charge in [0.25, 0.3) is 0 Å². The molecule has 0 unspecified atom stereocenters. The van der Waals surface area contributed by atoms with E-state index < -0.39 is 10.1 Å². The van der Waals surface area contributed by atoms with Crippen LogP contribution in [0.3, 0.4) is 0 Å². The van der Waals surface area contributed by atoms with Gasteiger partial charge in [-0.2, -0.15) is 8.42 Å². The maximum atomic E-state index is 11.3. The largest absolute Gasteiger partial charge is 0.380 e. The smallest absolute Gasteiger partial charge is 0.306 e. The Morgan fingerprint density at radius 1 is 1.11 bits per heavy atom. The molecule has 0 aliphatic heterocycles. The monoisotopic (exact) mass is 275 g/mol. The molecule has 2 aromatic carbocycles. The van der Waals surface area contributed by atoms with E-state index in [1.165, 1.54) is 0 Å². The van der Waals surface area contributed by atoms with Gasteiger partial charge >= 0.3 is 10.1 Å². The van der Waals surface area contributed by atoms with Crippen molar-refractivity contribution in [3.05, 3.63) is 42.0 Å². The van der Waals surface area contributed by atoms with Crippen molar-refractivity contribution in [2.45, 2.75) is 6.92 Å². The molecule has 0 aliphatic carbocycles. The summed E-state index contributed by atoms with van der Waals surface area (Å²) in [6.45, 7) is 1.91. The Hall–Kier alpha value is -2.01. The summed E-state index contributed by atoms with van der Waals surface area (Å²) in [5.74, 6) is 0.341. The van der Waals surface area contributed by atoms with Gasteiger partial charge in [-0.15, -0.1) is 0 Å². The van der Waals surface area contributed by atoms with E-state index in [1.54, 1.807) is 6.07 Å². The van der Waals surface area contributed by atoms with Crippen LogP contribution in [0.5, 0.6) is 5.75 Å². The number of rotatable bonds is 2. The third-order valence-electron chi connectivity index (χ3n) is 2.96. The first-order valence-electron chi connectivity index (χ1n) is 5.84. The summed E-state index contributed by atoms with van der Waals surface area (Å²) in [4.78, 5) is 3.21. The fraction of sp³-hybridized carbons (Fsp3) is 0.143. The number of hydrogen-bond acceptors (Lipinski definition) is 3. The number of para-hydroxylation sites is 1. The molecule has 98 valence electrons. The van der Waals surface area contributed by atoms with E-state index in [2.05, 4.69) is 4.98 Å². The Balaban J connectivity index is 2.39. The van der Waals surface area contributed by atoms with Crippen LogP contribution in [0.25, 0.3) is 21.8 Å². The normalized spacial score (nSPS) is 12.1. The standard InChI is InChI=1S/C14H13NO3S/c1-9-7-11-10-5-3-4-6-12(10)15-14(11)13(8-9)18-19(2,16)17/h3-8,15H,1-2H3. The molecule has 3 rings (SSSR count). The summed E-state index contributed by atoms with van der Waals surface area (Å²) in [6, 6.07) is 11.6. The van der Waals surface area contributed by atoms with Crippen LogP contribution in [-0.4, -0.2) is 19.7 Å². The lowest BCUT2D eigenvalue weighted by molar-refractivity contribution is 0.495. The molecule has 0 bridgehead atoms. The molecular formula is C14H13NO3S. The maximum absolute atomic E-state index is 11.3. The van der Waals surface area contributed by atoms with Gasteiger partial charge in [0.05, 0.1) is 11.8 Å². The molecule has 0 aliphatic rings. The average molecular weight is 275 g/mol. The highest BCUT2D eigenvalue weighted by Crippen LogP contribution is 2.33. The topological polar surface area (TPSA) is 59.2 Å². The number of aryl methyl sites for hydroxylation is 1. The van der Waals surface area contributed by atoms with Gasteiger partial charge in [-0.3, -0.25) is 0 Å². The van der Waals surface area contributed by atoms with E-state index in [1.807, 2.05) is 37.3 Å². The molecule has 1 N–H and O–H groups in total. The number of H-pyrrole nitrogens is 1. The molecule has 1 heterocycles. The highest BCUT2D eigenvalue weighted by Gasteiger charge is 2.13. The van der Waals surface area contributed by atoms with E-state index in [4.69, 9.17) is 4.18 Å². The molecule has 0 radical (unpaired) electrons. The summed E-state index contributed by atoms with van der Waals surface area (Å²) < 4.78 is 27.7. The van der Waals surface area contributed by atoms with Crippen molar-refractivity contribution < 1.29 is 12.6 Å². The van der Waals surface area contributed by atoms with Gasteiger partial charge in [0.15, 0.2) is 5.75 Å². The Kier molecular flexibility index (Phi) is 2.53. The minimum absolute atomic E-state index is 0.341. The average Bonchev–Trinajstić information content (AvgIpc) is 2.66. The second-order valence-electron chi connectivity index (χ2n) is 4.64. The number of fused-ring (bicyclic) bond motifs is 3. The molecule has 19 heavy (non-hydrogen) atoms. The minimum Gasteiger partial charge on any atom is -0.380 e. The van der Waals surface area contributed by atoms with Gasteiger partial charge in [0, 0.05) is 16.3 Å². The van der Waals surface area contributed by atoms with Gasteiger partial charge < -0.3 is 9.17 Å². The van der Waals surface area contributed by atoms with Crippen LogP contribution in [0, 0.1) is 6.92 Å². The summed E-state index contributed by atoms with van der Waals surface area (Å²) in [7, 11) is -3.54. The number of hydrogen-bond donors (Lipinski definition) is 1. The van der Waals surface area contributed by atoms with E-state index >= 15 is 0 Å². The summed E-state index contributed by atoms with van der Waals surface area (Å²) in [5, 5.41) is 2.02. The van der Waals surface area contributed by atoms with E-state index in [0.29, 0.717) is 11.3 Å². The zero-order valence-corrected chi connectivity index (χ0v) is 11.4. The highest BCUT2D eigenvalue weighted by molar-refractivity contribution is 7.86. The Bertz CT molecular complexity index is 878. The van der Waals surface area contributed by atoms with E-state index in [-0.39, 0.29) is 0 Å². The second-order valence-corrected chi connectivity index (χ2v) is 6.22. The molecule has 1 aromatic heterocycles. The third-order valence-corrected chi connectivity index (χ3v) is 3.45. The van der Waals surface area contributed by atoms with Crippen LogP contribution in [0.1, 0.15) is 5.56 Å². The third kappa shape index (κ3) is 2.17. The fourth-order valence-electron chi connectivity index (χ4n) is 2.29. The maximum Gasteiger partial charge on any atom is 0.306 e. The van der Waals surface area contributed by atoms with Gasteiger partial charge in [-0.1, -0.05) is 18.2 Å². The van der Waals surface area contributed by atoms with E-state index in [0.717, 1.165) is 28.1 Å². The lowest BCUT2D eigenvalue weighted by Crippen LogP contribution is -2.06. The summed E-state index contributed by atoms with van der Waals surface area (Å²) in [6.07, 6.45) is 1.05. The van der Waals surface area contributed by atoms with Gasteiger partial charge in [0.1, 0.15) is 0 Å². The van der Waals surface area contributed by atoms with Crippen molar-refractivity contribution in [2.24, 2.45) is 0 Å². The molecule has 0 amide bonds. The molecule has 3 aromatic rings. The molecule has 0 saturated carbocycles. The molecular weight excluding hydrogens is 262 g/mol. The molecule has 0 atom stereocenters. The SMILES string of the molecule is Cc1cc(OS(C)(=O)=O)c2[nH]c3ccccc3c2c1. The summed E-state index contributed by atoms with van der Waals surface area (Å²) >= 11 is 0. The van der Waals surface area contributed by atoms with Crippen molar-refractivity contribution in [1.82, 2.24) is 4.98 Å². The lowest BCUT2D eigenvalue weighted by atomic mass is 10.1. The number of aromatic amines is 1. The number of nitrogens with one attached hydrogen (secondary N) is 1. The summed E-state index contributed by atoms with van der Waals surface area (Å²) in [5.41, 5.74) is 2.62. The van der Waals surface area contributed by atoms with Crippen molar-refractivity contribution in [1.29, 1.82) is 0 Å². The first kappa shape index (κ1) is 12.0. The molecule has 5 heteroatoms.